The fourth-order valence-corrected chi connectivity index (χ4v) is 4.61. The third-order valence-corrected chi connectivity index (χ3v) is 6.00. The van der Waals surface area contributed by atoms with Crippen LogP contribution in [0.15, 0.2) is 0 Å². The summed E-state index contributed by atoms with van der Waals surface area (Å²) in [6.07, 6.45) is 10.3. The molecule has 138 valence electrons. The number of amides is 2. The normalized spacial score (nSPS) is 29.8. The van der Waals surface area contributed by atoms with Crippen molar-refractivity contribution in [2.75, 3.05) is 39.4 Å². The first kappa shape index (κ1) is 18.0. The van der Waals surface area contributed by atoms with Crippen LogP contribution in [0, 0.1) is 5.92 Å². The van der Waals surface area contributed by atoms with Crippen molar-refractivity contribution in [2.24, 2.45) is 5.92 Å². The first-order valence-electron chi connectivity index (χ1n) is 10.1. The minimum atomic E-state index is 0.143. The summed E-state index contributed by atoms with van der Waals surface area (Å²) in [4.78, 5) is 17.2. The number of nitrogens with one attached hydrogen (secondary N) is 1. The summed E-state index contributed by atoms with van der Waals surface area (Å²) in [6, 6.07) is 1.24. The molecule has 0 aromatic carbocycles. The SMILES string of the molecule is CCOC[C@@H]1CCN(C(=O)N[C@@H]2CCCN(C3CCCCC3)C2)C1. The van der Waals surface area contributed by atoms with Crippen molar-refractivity contribution in [1.29, 1.82) is 0 Å². The van der Waals surface area contributed by atoms with E-state index in [1.54, 1.807) is 0 Å². The third kappa shape index (κ3) is 4.85. The van der Waals surface area contributed by atoms with E-state index >= 15 is 0 Å². The molecule has 24 heavy (non-hydrogen) atoms. The molecule has 1 N–H and O–H groups in total. The van der Waals surface area contributed by atoms with Gasteiger partial charge in [-0.2, -0.15) is 0 Å². The Labute approximate surface area is 147 Å². The van der Waals surface area contributed by atoms with Crippen LogP contribution in [0.4, 0.5) is 4.79 Å². The summed E-state index contributed by atoms with van der Waals surface area (Å²) in [5, 5.41) is 3.31. The molecule has 1 aliphatic carbocycles. The third-order valence-electron chi connectivity index (χ3n) is 6.00. The summed E-state index contributed by atoms with van der Waals surface area (Å²) >= 11 is 0. The van der Waals surface area contributed by atoms with E-state index in [-0.39, 0.29) is 6.03 Å². The Morgan fingerprint density at radius 2 is 1.88 bits per heavy atom. The Bertz CT molecular complexity index is 398. The van der Waals surface area contributed by atoms with Gasteiger partial charge in [-0.1, -0.05) is 19.3 Å². The van der Waals surface area contributed by atoms with E-state index in [1.165, 1.54) is 45.1 Å². The molecule has 0 aromatic rings. The van der Waals surface area contributed by atoms with Gasteiger partial charge in [-0.15, -0.1) is 0 Å². The van der Waals surface area contributed by atoms with Crippen molar-refractivity contribution < 1.29 is 9.53 Å². The molecule has 0 spiro atoms. The second kappa shape index (κ2) is 9.04. The molecule has 2 heterocycles. The first-order valence-corrected chi connectivity index (χ1v) is 10.1. The van der Waals surface area contributed by atoms with Crippen LogP contribution < -0.4 is 5.32 Å². The van der Waals surface area contributed by atoms with Crippen LogP contribution in [-0.2, 0) is 4.74 Å². The topological polar surface area (TPSA) is 44.8 Å². The molecule has 2 atom stereocenters. The average Bonchev–Trinajstić information content (AvgIpc) is 3.10. The number of likely N-dealkylation sites (tertiary alicyclic amines) is 2. The number of hydrogen-bond donors (Lipinski definition) is 1. The van der Waals surface area contributed by atoms with Crippen molar-refractivity contribution in [3.63, 3.8) is 0 Å². The van der Waals surface area contributed by atoms with E-state index in [0.29, 0.717) is 12.0 Å². The van der Waals surface area contributed by atoms with Gasteiger partial charge in [0.15, 0.2) is 0 Å². The van der Waals surface area contributed by atoms with E-state index in [0.717, 1.165) is 51.7 Å². The summed E-state index contributed by atoms with van der Waals surface area (Å²) in [6.45, 7) is 7.58. The smallest absolute Gasteiger partial charge is 0.317 e. The fraction of sp³-hybridized carbons (Fsp3) is 0.947. The monoisotopic (exact) mass is 337 g/mol. The highest BCUT2D eigenvalue weighted by Gasteiger charge is 2.31. The maximum Gasteiger partial charge on any atom is 0.317 e. The molecule has 5 heteroatoms. The average molecular weight is 338 g/mol. The van der Waals surface area contributed by atoms with E-state index in [2.05, 4.69) is 10.2 Å². The highest BCUT2D eigenvalue weighted by molar-refractivity contribution is 5.74. The molecule has 3 fully saturated rings. The number of rotatable bonds is 5. The second-order valence-electron chi connectivity index (χ2n) is 7.84. The quantitative estimate of drug-likeness (QED) is 0.839. The number of piperidine rings is 1. The molecule has 0 radical (unpaired) electrons. The van der Waals surface area contributed by atoms with Gasteiger partial charge in [0.05, 0.1) is 6.61 Å². The second-order valence-corrected chi connectivity index (χ2v) is 7.84. The Hall–Kier alpha value is -0.810. The molecule has 0 bridgehead atoms. The lowest BCUT2D eigenvalue weighted by Crippen LogP contribution is -2.53. The minimum absolute atomic E-state index is 0.143. The maximum atomic E-state index is 12.6. The lowest BCUT2D eigenvalue weighted by molar-refractivity contribution is 0.106. The maximum absolute atomic E-state index is 12.6. The van der Waals surface area contributed by atoms with Gasteiger partial charge in [-0.05, 0) is 45.6 Å². The highest BCUT2D eigenvalue weighted by Crippen LogP contribution is 2.25. The van der Waals surface area contributed by atoms with Crippen LogP contribution in [0.1, 0.15) is 58.3 Å². The lowest BCUT2D eigenvalue weighted by Gasteiger charge is -2.40. The molecule has 3 aliphatic rings. The zero-order chi connectivity index (χ0) is 16.8. The number of urea groups is 1. The van der Waals surface area contributed by atoms with Crippen LogP contribution in [0.2, 0.25) is 0 Å². The predicted octanol–water partition coefficient (Wildman–Crippen LogP) is 2.85. The molecular formula is C19H35N3O2. The van der Waals surface area contributed by atoms with Gasteiger partial charge in [0.2, 0.25) is 0 Å². The van der Waals surface area contributed by atoms with E-state index in [9.17, 15) is 4.79 Å². The molecule has 5 nitrogen and oxygen atoms in total. The van der Waals surface area contributed by atoms with Crippen molar-refractivity contribution in [3.8, 4) is 0 Å². The molecule has 2 saturated heterocycles. The van der Waals surface area contributed by atoms with Gasteiger partial charge in [0.1, 0.15) is 0 Å². The molecule has 2 amide bonds. The number of nitrogens with zero attached hydrogens (tertiary/aromatic N) is 2. The predicted molar refractivity (Wildman–Crippen MR) is 96.2 cm³/mol. The number of hydrogen-bond acceptors (Lipinski definition) is 3. The number of carbonyl (C=O) groups excluding carboxylic acids is 1. The first-order chi connectivity index (χ1) is 11.8. The van der Waals surface area contributed by atoms with Gasteiger partial charge < -0.3 is 15.0 Å². The van der Waals surface area contributed by atoms with Crippen molar-refractivity contribution >= 4 is 6.03 Å². The Kier molecular flexibility index (Phi) is 6.78. The van der Waals surface area contributed by atoms with E-state index < -0.39 is 0 Å². The molecular weight excluding hydrogens is 302 g/mol. The van der Waals surface area contributed by atoms with Gasteiger partial charge in [0.25, 0.3) is 0 Å². The minimum Gasteiger partial charge on any atom is -0.381 e. The van der Waals surface area contributed by atoms with Gasteiger partial charge in [0, 0.05) is 44.2 Å². The fourth-order valence-electron chi connectivity index (χ4n) is 4.61. The van der Waals surface area contributed by atoms with Crippen molar-refractivity contribution in [1.82, 2.24) is 15.1 Å². The van der Waals surface area contributed by atoms with E-state index in [1.807, 2.05) is 11.8 Å². The highest BCUT2D eigenvalue weighted by atomic mass is 16.5. The van der Waals surface area contributed by atoms with Crippen LogP contribution in [0.25, 0.3) is 0 Å². The largest absolute Gasteiger partial charge is 0.381 e. The van der Waals surface area contributed by atoms with Gasteiger partial charge >= 0.3 is 6.03 Å². The van der Waals surface area contributed by atoms with E-state index in [4.69, 9.17) is 4.74 Å². The zero-order valence-electron chi connectivity index (χ0n) is 15.3. The van der Waals surface area contributed by atoms with Crippen molar-refractivity contribution in [2.45, 2.75) is 70.4 Å². The number of ether oxygens (including phenoxy) is 1. The molecule has 2 aliphatic heterocycles. The Morgan fingerprint density at radius 3 is 2.67 bits per heavy atom. The molecule has 0 aromatic heterocycles. The summed E-state index contributed by atoms with van der Waals surface area (Å²) in [7, 11) is 0. The van der Waals surface area contributed by atoms with Crippen molar-refractivity contribution in [3.05, 3.63) is 0 Å². The van der Waals surface area contributed by atoms with Gasteiger partial charge in [-0.25, -0.2) is 4.79 Å². The molecule has 1 saturated carbocycles. The standard InChI is InChI=1S/C19H35N3O2/c1-2-24-15-16-10-12-22(13-16)19(23)20-17-7-6-11-21(14-17)18-8-4-3-5-9-18/h16-18H,2-15H2,1H3,(H,20,23)/t16-,17-/m1/s1. The van der Waals surface area contributed by atoms with Gasteiger partial charge in [-0.3, -0.25) is 4.90 Å². The Balaban J connectivity index is 1.42. The lowest BCUT2D eigenvalue weighted by atomic mass is 9.92. The van der Waals surface area contributed by atoms with Crippen LogP contribution in [-0.4, -0.2) is 67.3 Å². The molecule has 3 rings (SSSR count). The summed E-state index contributed by atoms with van der Waals surface area (Å²) < 4.78 is 5.51. The summed E-state index contributed by atoms with van der Waals surface area (Å²) in [5.74, 6) is 0.515. The Morgan fingerprint density at radius 1 is 1.04 bits per heavy atom. The van der Waals surface area contributed by atoms with Crippen LogP contribution in [0.5, 0.6) is 0 Å². The number of carbonyl (C=O) groups is 1. The summed E-state index contributed by atoms with van der Waals surface area (Å²) in [5.41, 5.74) is 0. The van der Waals surface area contributed by atoms with Crippen LogP contribution >= 0.6 is 0 Å². The van der Waals surface area contributed by atoms with Crippen LogP contribution in [0.3, 0.4) is 0 Å². The zero-order valence-corrected chi connectivity index (χ0v) is 15.3. The molecule has 0 unspecified atom stereocenters.